The second kappa shape index (κ2) is 9.65. The maximum absolute atomic E-state index is 12.8. The van der Waals surface area contributed by atoms with Crippen molar-refractivity contribution in [1.82, 2.24) is 9.80 Å². The van der Waals surface area contributed by atoms with Crippen LogP contribution < -0.4 is 0 Å². The molecule has 1 atom stereocenters. The molecule has 1 aromatic rings. The van der Waals surface area contributed by atoms with Crippen LogP contribution in [-0.4, -0.2) is 60.9 Å². The van der Waals surface area contributed by atoms with Gasteiger partial charge in [-0.15, -0.1) is 0 Å². The number of benzene rings is 1. The van der Waals surface area contributed by atoms with E-state index >= 15 is 0 Å². The van der Waals surface area contributed by atoms with E-state index in [-0.39, 0.29) is 5.91 Å². The quantitative estimate of drug-likeness (QED) is 0.710. The molecule has 0 saturated carbocycles. The van der Waals surface area contributed by atoms with Crippen molar-refractivity contribution in [2.45, 2.75) is 25.4 Å². The predicted octanol–water partition coefficient (Wildman–Crippen LogP) is 3.78. The summed E-state index contributed by atoms with van der Waals surface area (Å²) in [7, 11) is 1.85. The largest absolute Gasteiger partial charge is 0.416 e. The molecule has 3 nitrogen and oxygen atoms in total. The van der Waals surface area contributed by atoms with Gasteiger partial charge in [0.25, 0.3) is 0 Å². The van der Waals surface area contributed by atoms with Crippen molar-refractivity contribution in [3.05, 3.63) is 35.4 Å². The third kappa shape index (κ3) is 6.50. The number of carbonyl (C=O) groups excluding carboxylic acids is 1. The molecule has 1 amide bonds. The second-order valence-electron chi connectivity index (χ2n) is 6.96. The Morgan fingerprint density at radius 1 is 1.38 bits per heavy atom. The molecule has 0 N–H and O–H groups in total. The molecule has 0 unspecified atom stereocenters. The lowest BCUT2D eigenvalue weighted by Gasteiger charge is -2.34. The number of piperidine rings is 1. The van der Waals surface area contributed by atoms with Crippen LogP contribution in [0.2, 0.25) is 0 Å². The Morgan fingerprint density at radius 2 is 2.15 bits per heavy atom. The summed E-state index contributed by atoms with van der Waals surface area (Å²) in [5.74, 6) is 1.09. The molecule has 7 heteroatoms. The Bertz CT molecular complexity index is 594. The summed E-state index contributed by atoms with van der Waals surface area (Å²) in [6.45, 7) is 3.37. The molecule has 1 aromatic carbocycles. The lowest BCUT2D eigenvalue weighted by Crippen LogP contribution is -2.42. The number of carbonyl (C=O) groups is 1. The van der Waals surface area contributed by atoms with E-state index in [2.05, 4.69) is 4.90 Å². The van der Waals surface area contributed by atoms with Gasteiger partial charge in [0.2, 0.25) is 5.91 Å². The van der Waals surface area contributed by atoms with Crippen molar-refractivity contribution in [3.8, 4) is 0 Å². The van der Waals surface area contributed by atoms with Crippen LogP contribution in [0, 0.1) is 5.92 Å². The number of alkyl halides is 3. The predicted molar refractivity (Wildman–Crippen MR) is 100 cm³/mol. The number of rotatable bonds is 7. The summed E-state index contributed by atoms with van der Waals surface area (Å²) >= 11 is 1.53. The van der Waals surface area contributed by atoms with Crippen molar-refractivity contribution < 1.29 is 18.0 Å². The number of likely N-dealkylation sites (tertiary alicyclic amines) is 1. The fraction of sp³-hybridized carbons (Fsp3) is 0.632. The molecule has 1 heterocycles. The molecule has 1 aliphatic rings. The molecular formula is C19H27F3N2OS. The molecule has 1 fully saturated rings. The maximum atomic E-state index is 12.8. The first-order valence-electron chi connectivity index (χ1n) is 8.91. The lowest BCUT2D eigenvalue weighted by molar-refractivity contribution is -0.137. The smallest absolute Gasteiger partial charge is 0.345 e. The Kier molecular flexibility index (Phi) is 7.83. The molecule has 26 heavy (non-hydrogen) atoms. The Hall–Kier alpha value is -1.21. The maximum Gasteiger partial charge on any atom is 0.416 e. The van der Waals surface area contributed by atoms with Gasteiger partial charge in [0.1, 0.15) is 0 Å². The summed E-state index contributed by atoms with van der Waals surface area (Å²) in [5.41, 5.74) is 0.134. The van der Waals surface area contributed by atoms with E-state index in [1.54, 1.807) is 11.0 Å². The van der Waals surface area contributed by atoms with Gasteiger partial charge in [-0.1, -0.05) is 18.2 Å². The van der Waals surface area contributed by atoms with Crippen LogP contribution in [0.1, 0.15) is 24.0 Å². The molecule has 0 aliphatic carbocycles. The first kappa shape index (κ1) is 21.1. The van der Waals surface area contributed by atoms with Crippen molar-refractivity contribution in [3.63, 3.8) is 0 Å². The van der Waals surface area contributed by atoms with Gasteiger partial charge < -0.3 is 9.80 Å². The normalized spacial score (nSPS) is 18.7. The van der Waals surface area contributed by atoms with Crippen LogP contribution in [0.15, 0.2) is 24.3 Å². The van der Waals surface area contributed by atoms with Crippen LogP contribution in [0.4, 0.5) is 13.2 Å². The standard InChI is InChI=1S/C19H27F3N2OS/c1-23(18(25)14-26-2)12-16-6-4-9-24(13-16)10-8-15-5-3-7-17(11-15)19(20,21)22/h3,5,7,11,16H,4,6,8-10,12-14H2,1-2H3/t16-/m0/s1. The molecule has 0 bridgehead atoms. The van der Waals surface area contributed by atoms with Crippen LogP contribution in [0.5, 0.6) is 0 Å². The molecule has 1 saturated heterocycles. The fourth-order valence-corrected chi connectivity index (χ4v) is 3.88. The highest BCUT2D eigenvalue weighted by molar-refractivity contribution is 7.99. The van der Waals surface area contributed by atoms with E-state index in [1.807, 2.05) is 13.3 Å². The first-order valence-corrected chi connectivity index (χ1v) is 10.3. The summed E-state index contributed by atoms with van der Waals surface area (Å²) in [6, 6.07) is 5.59. The van der Waals surface area contributed by atoms with E-state index in [9.17, 15) is 18.0 Å². The zero-order chi connectivity index (χ0) is 19.2. The summed E-state index contributed by atoms with van der Waals surface area (Å²) < 4.78 is 38.4. The molecular weight excluding hydrogens is 361 g/mol. The van der Waals surface area contributed by atoms with E-state index in [0.29, 0.717) is 23.7 Å². The summed E-state index contributed by atoms with van der Waals surface area (Å²) in [4.78, 5) is 16.0. The zero-order valence-corrected chi connectivity index (χ0v) is 16.2. The average Bonchev–Trinajstić information content (AvgIpc) is 2.60. The molecule has 1 aliphatic heterocycles. The van der Waals surface area contributed by atoms with Gasteiger partial charge in [-0.05, 0) is 49.6 Å². The Labute approximate surface area is 157 Å². The number of hydrogen-bond donors (Lipinski definition) is 0. The highest BCUT2D eigenvalue weighted by Gasteiger charge is 2.30. The highest BCUT2D eigenvalue weighted by Crippen LogP contribution is 2.29. The number of hydrogen-bond acceptors (Lipinski definition) is 3. The van der Waals surface area contributed by atoms with Crippen LogP contribution in [0.3, 0.4) is 0 Å². The SMILES string of the molecule is CSCC(=O)N(C)C[C@@H]1CCCN(CCc2cccc(C(F)(F)F)c2)C1. The molecule has 0 spiro atoms. The van der Waals surface area contributed by atoms with Crippen molar-refractivity contribution in [2.75, 3.05) is 45.2 Å². The molecule has 146 valence electrons. The summed E-state index contributed by atoms with van der Waals surface area (Å²) in [5, 5.41) is 0. The number of thioether (sulfide) groups is 1. The van der Waals surface area contributed by atoms with E-state index in [0.717, 1.165) is 45.1 Å². The van der Waals surface area contributed by atoms with Crippen LogP contribution in [0.25, 0.3) is 0 Å². The minimum atomic E-state index is -4.29. The lowest BCUT2D eigenvalue weighted by atomic mass is 9.97. The molecule has 2 rings (SSSR count). The van der Waals surface area contributed by atoms with Crippen molar-refractivity contribution in [2.24, 2.45) is 5.92 Å². The number of halogens is 3. The molecule has 0 aromatic heterocycles. The summed E-state index contributed by atoms with van der Waals surface area (Å²) in [6.07, 6.45) is 0.397. The fourth-order valence-electron chi connectivity index (χ4n) is 3.42. The van der Waals surface area contributed by atoms with Crippen molar-refractivity contribution >= 4 is 17.7 Å². The van der Waals surface area contributed by atoms with Crippen LogP contribution in [-0.2, 0) is 17.4 Å². The Morgan fingerprint density at radius 3 is 2.85 bits per heavy atom. The van der Waals surface area contributed by atoms with Gasteiger partial charge in [0.05, 0.1) is 11.3 Å². The van der Waals surface area contributed by atoms with Crippen molar-refractivity contribution in [1.29, 1.82) is 0 Å². The van der Waals surface area contributed by atoms with Gasteiger partial charge in [0, 0.05) is 26.7 Å². The third-order valence-corrected chi connectivity index (χ3v) is 5.34. The van der Waals surface area contributed by atoms with Gasteiger partial charge in [0.15, 0.2) is 0 Å². The van der Waals surface area contributed by atoms with Gasteiger partial charge in [-0.3, -0.25) is 4.79 Å². The van der Waals surface area contributed by atoms with Gasteiger partial charge in [-0.2, -0.15) is 24.9 Å². The van der Waals surface area contributed by atoms with Crippen LogP contribution >= 0.6 is 11.8 Å². The van der Waals surface area contributed by atoms with Gasteiger partial charge >= 0.3 is 6.18 Å². The first-order chi connectivity index (χ1) is 12.3. The minimum Gasteiger partial charge on any atom is -0.345 e. The zero-order valence-electron chi connectivity index (χ0n) is 15.4. The Balaban J connectivity index is 1.84. The monoisotopic (exact) mass is 388 g/mol. The average molecular weight is 388 g/mol. The van der Waals surface area contributed by atoms with Gasteiger partial charge in [-0.25, -0.2) is 0 Å². The second-order valence-corrected chi connectivity index (χ2v) is 7.83. The van der Waals surface area contributed by atoms with E-state index < -0.39 is 11.7 Å². The van der Waals surface area contributed by atoms with E-state index in [4.69, 9.17) is 0 Å². The minimum absolute atomic E-state index is 0.151. The molecule has 0 radical (unpaired) electrons. The van der Waals surface area contributed by atoms with E-state index in [1.165, 1.54) is 23.9 Å². The highest BCUT2D eigenvalue weighted by atomic mass is 32.2. The number of nitrogens with zero attached hydrogens (tertiary/aromatic N) is 2. The topological polar surface area (TPSA) is 23.6 Å². The number of amides is 1. The third-order valence-electron chi connectivity index (χ3n) is 4.80.